The Labute approximate surface area is 114 Å². The number of likely N-dealkylation sites (tertiary alicyclic amines) is 1. The molecule has 0 saturated carbocycles. The predicted octanol–water partition coefficient (Wildman–Crippen LogP) is -0.275. The van der Waals surface area contributed by atoms with Crippen LogP contribution in [0.2, 0.25) is 0 Å². The Morgan fingerprint density at radius 1 is 1.47 bits per heavy atom. The first kappa shape index (κ1) is 15.9. The molecule has 110 valence electrons. The maximum atomic E-state index is 11.8. The molecule has 6 heteroatoms. The van der Waals surface area contributed by atoms with Crippen LogP contribution >= 0.6 is 0 Å². The van der Waals surface area contributed by atoms with E-state index < -0.39 is 0 Å². The number of nitrogens with one attached hydrogen (secondary N) is 1. The number of hydrogen-bond acceptors (Lipinski definition) is 4. The molecule has 6 nitrogen and oxygen atoms in total. The van der Waals surface area contributed by atoms with Crippen molar-refractivity contribution in [1.29, 1.82) is 0 Å². The van der Waals surface area contributed by atoms with E-state index in [-0.39, 0.29) is 31.0 Å². The molecular weight excluding hydrogens is 246 g/mol. The fourth-order valence-electron chi connectivity index (χ4n) is 1.92. The van der Waals surface area contributed by atoms with Gasteiger partial charge in [-0.25, -0.2) is 0 Å². The molecule has 1 aliphatic heterocycles. The Morgan fingerprint density at radius 3 is 2.84 bits per heavy atom. The highest BCUT2D eigenvalue weighted by molar-refractivity contribution is 5.85. The zero-order chi connectivity index (χ0) is 14.3. The van der Waals surface area contributed by atoms with E-state index in [0.717, 1.165) is 19.4 Å². The summed E-state index contributed by atoms with van der Waals surface area (Å²) in [5.41, 5.74) is 5.16. The second-order valence-corrected chi connectivity index (χ2v) is 5.28. The minimum absolute atomic E-state index is 0.0226. The molecule has 0 aromatic heterocycles. The molecule has 0 aromatic rings. The summed E-state index contributed by atoms with van der Waals surface area (Å²) >= 11 is 0. The van der Waals surface area contributed by atoms with Crippen molar-refractivity contribution in [2.75, 3.05) is 32.8 Å². The van der Waals surface area contributed by atoms with Crippen molar-refractivity contribution in [3.63, 3.8) is 0 Å². The van der Waals surface area contributed by atoms with Crippen LogP contribution in [0.3, 0.4) is 0 Å². The van der Waals surface area contributed by atoms with E-state index in [1.807, 2.05) is 0 Å². The van der Waals surface area contributed by atoms with Gasteiger partial charge in [-0.05, 0) is 18.8 Å². The van der Waals surface area contributed by atoms with Gasteiger partial charge in [0.05, 0.1) is 19.2 Å². The topological polar surface area (TPSA) is 84.7 Å². The Morgan fingerprint density at radius 2 is 2.21 bits per heavy atom. The third-order valence-electron chi connectivity index (χ3n) is 3.17. The Balaban J connectivity index is 2.19. The number of rotatable bonds is 7. The van der Waals surface area contributed by atoms with Crippen molar-refractivity contribution >= 4 is 11.8 Å². The first-order chi connectivity index (χ1) is 9.02. The molecule has 1 aliphatic rings. The zero-order valence-electron chi connectivity index (χ0n) is 11.9. The molecule has 19 heavy (non-hydrogen) atoms. The van der Waals surface area contributed by atoms with Gasteiger partial charge >= 0.3 is 0 Å². The second kappa shape index (κ2) is 8.12. The Kier molecular flexibility index (Phi) is 6.80. The van der Waals surface area contributed by atoms with Crippen molar-refractivity contribution in [1.82, 2.24) is 10.2 Å². The number of ether oxygens (including phenoxy) is 1. The summed E-state index contributed by atoms with van der Waals surface area (Å²) < 4.78 is 5.74. The van der Waals surface area contributed by atoms with Crippen LogP contribution in [0, 0.1) is 5.92 Å². The van der Waals surface area contributed by atoms with Crippen LogP contribution in [-0.4, -0.2) is 55.6 Å². The number of hydrogen-bond donors (Lipinski definition) is 2. The van der Waals surface area contributed by atoms with Crippen LogP contribution in [0.15, 0.2) is 0 Å². The highest BCUT2D eigenvalue weighted by Gasteiger charge is 2.26. The summed E-state index contributed by atoms with van der Waals surface area (Å²) in [5, 5.41) is 2.49. The SMILES string of the molecule is CC(C)CCOC1CCN(C(=O)CNC(=O)CN)C1. The smallest absolute Gasteiger partial charge is 0.242 e. The average molecular weight is 271 g/mol. The predicted molar refractivity (Wildman–Crippen MR) is 72.5 cm³/mol. The van der Waals surface area contributed by atoms with Gasteiger partial charge in [0.25, 0.3) is 0 Å². The molecule has 0 aromatic carbocycles. The largest absolute Gasteiger partial charge is 0.376 e. The standard InChI is InChI=1S/C13H25N3O3/c1-10(2)4-6-19-11-3-5-16(9-11)13(18)8-15-12(17)7-14/h10-11H,3-9,14H2,1-2H3,(H,15,17). The molecule has 1 heterocycles. The molecular formula is C13H25N3O3. The summed E-state index contributed by atoms with van der Waals surface area (Å²) in [7, 11) is 0. The average Bonchev–Trinajstić information content (AvgIpc) is 2.83. The third-order valence-corrected chi connectivity index (χ3v) is 3.17. The van der Waals surface area contributed by atoms with Gasteiger partial charge in [0.15, 0.2) is 0 Å². The Bertz CT molecular complexity index is 308. The van der Waals surface area contributed by atoms with E-state index in [9.17, 15) is 9.59 Å². The molecule has 0 bridgehead atoms. The highest BCUT2D eigenvalue weighted by Crippen LogP contribution is 2.13. The molecule has 1 atom stereocenters. The summed E-state index contributed by atoms with van der Waals surface area (Å²) in [4.78, 5) is 24.5. The molecule has 1 saturated heterocycles. The lowest BCUT2D eigenvalue weighted by molar-refractivity contribution is -0.132. The van der Waals surface area contributed by atoms with Crippen LogP contribution in [0.1, 0.15) is 26.7 Å². The summed E-state index contributed by atoms with van der Waals surface area (Å²) in [6, 6.07) is 0. The van der Waals surface area contributed by atoms with Crippen LogP contribution in [0.5, 0.6) is 0 Å². The summed E-state index contributed by atoms with van der Waals surface area (Å²) in [6.45, 7) is 6.32. The lowest BCUT2D eigenvalue weighted by atomic mass is 10.1. The van der Waals surface area contributed by atoms with Gasteiger partial charge in [-0.15, -0.1) is 0 Å². The first-order valence-electron chi connectivity index (χ1n) is 6.89. The van der Waals surface area contributed by atoms with Gasteiger partial charge in [-0.3, -0.25) is 9.59 Å². The van der Waals surface area contributed by atoms with Crippen molar-refractivity contribution in [3.8, 4) is 0 Å². The zero-order valence-corrected chi connectivity index (χ0v) is 11.9. The van der Waals surface area contributed by atoms with Crippen molar-refractivity contribution in [3.05, 3.63) is 0 Å². The van der Waals surface area contributed by atoms with E-state index in [1.165, 1.54) is 0 Å². The van der Waals surface area contributed by atoms with E-state index in [2.05, 4.69) is 19.2 Å². The highest BCUT2D eigenvalue weighted by atomic mass is 16.5. The van der Waals surface area contributed by atoms with Crippen LogP contribution in [-0.2, 0) is 14.3 Å². The monoisotopic (exact) mass is 271 g/mol. The number of carbonyl (C=O) groups is 2. The van der Waals surface area contributed by atoms with Crippen LogP contribution in [0.4, 0.5) is 0 Å². The van der Waals surface area contributed by atoms with Gasteiger partial charge in [-0.2, -0.15) is 0 Å². The molecule has 3 N–H and O–H groups in total. The fraction of sp³-hybridized carbons (Fsp3) is 0.846. The van der Waals surface area contributed by atoms with E-state index in [1.54, 1.807) is 4.90 Å². The summed E-state index contributed by atoms with van der Waals surface area (Å²) in [6.07, 6.45) is 2.04. The normalized spacial score (nSPS) is 18.9. The first-order valence-corrected chi connectivity index (χ1v) is 6.89. The molecule has 0 spiro atoms. The lowest BCUT2D eigenvalue weighted by Gasteiger charge is -2.17. The molecule has 0 radical (unpaired) electrons. The number of amides is 2. The van der Waals surface area contributed by atoms with Crippen molar-refractivity contribution in [2.24, 2.45) is 11.7 Å². The van der Waals surface area contributed by atoms with Gasteiger partial charge in [0.1, 0.15) is 0 Å². The number of nitrogens with two attached hydrogens (primary N) is 1. The van der Waals surface area contributed by atoms with E-state index in [4.69, 9.17) is 10.5 Å². The van der Waals surface area contributed by atoms with Gasteiger partial charge in [0.2, 0.25) is 11.8 Å². The molecule has 1 rings (SSSR count). The molecule has 2 amide bonds. The van der Waals surface area contributed by atoms with E-state index in [0.29, 0.717) is 19.0 Å². The van der Waals surface area contributed by atoms with Gasteiger partial charge in [-0.1, -0.05) is 13.8 Å². The fourth-order valence-corrected chi connectivity index (χ4v) is 1.92. The van der Waals surface area contributed by atoms with Crippen LogP contribution in [0.25, 0.3) is 0 Å². The van der Waals surface area contributed by atoms with Crippen LogP contribution < -0.4 is 11.1 Å². The van der Waals surface area contributed by atoms with Crippen molar-refractivity contribution < 1.29 is 14.3 Å². The van der Waals surface area contributed by atoms with Gasteiger partial charge < -0.3 is 20.7 Å². The maximum Gasteiger partial charge on any atom is 0.242 e. The number of nitrogens with zero attached hydrogens (tertiary/aromatic N) is 1. The quantitative estimate of drug-likeness (QED) is 0.667. The summed E-state index contributed by atoms with van der Waals surface area (Å²) in [5.74, 6) is 0.250. The third kappa shape index (κ3) is 6.02. The Hall–Kier alpha value is -1.14. The molecule has 0 aliphatic carbocycles. The van der Waals surface area contributed by atoms with E-state index >= 15 is 0 Å². The van der Waals surface area contributed by atoms with Crippen molar-refractivity contribution in [2.45, 2.75) is 32.8 Å². The minimum Gasteiger partial charge on any atom is -0.376 e. The second-order valence-electron chi connectivity index (χ2n) is 5.28. The maximum absolute atomic E-state index is 11.8. The molecule has 1 fully saturated rings. The number of carbonyl (C=O) groups excluding carboxylic acids is 2. The lowest BCUT2D eigenvalue weighted by Crippen LogP contribution is -2.41. The van der Waals surface area contributed by atoms with Gasteiger partial charge in [0, 0.05) is 19.7 Å². The minimum atomic E-state index is -0.308. The molecule has 1 unspecified atom stereocenters.